The molecule has 0 atom stereocenters. The van der Waals surface area contributed by atoms with Crippen LogP contribution in [0.15, 0.2) is 18.2 Å². The van der Waals surface area contributed by atoms with Gasteiger partial charge in [-0.2, -0.15) is 0 Å². The van der Waals surface area contributed by atoms with E-state index in [1.807, 2.05) is 26.1 Å². The number of nitrogens with two attached hydrogens (primary N) is 1. The molecule has 0 radical (unpaired) electrons. The largest absolute Gasteiger partial charge is 0.398 e. The monoisotopic (exact) mass is 220 g/mol. The van der Waals surface area contributed by atoms with Crippen LogP contribution in [-0.2, 0) is 0 Å². The SMILES string of the molecule is Cc1cccc(C(=O)N(C)CC(C)C)c1N. The molecule has 3 nitrogen and oxygen atoms in total. The lowest BCUT2D eigenvalue weighted by atomic mass is 10.1. The lowest BCUT2D eigenvalue weighted by Gasteiger charge is -2.20. The van der Waals surface area contributed by atoms with Gasteiger partial charge >= 0.3 is 0 Å². The molecule has 0 spiro atoms. The third kappa shape index (κ3) is 2.75. The van der Waals surface area contributed by atoms with Gasteiger partial charge < -0.3 is 10.6 Å². The topological polar surface area (TPSA) is 46.3 Å². The van der Waals surface area contributed by atoms with Crippen molar-refractivity contribution < 1.29 is 4.79 Å². The molecule has 1 aromatic rings. The molecule has 0 aromatic heterocycles. The maximum absolute atomic E-state index is 12.1. The number of nitrogens with zero attached hydrogens (tertiary/aromatic N) is 1. The fourth-order valence-corrected chi connectivity index (χ4v) is 1.70. The van der Waals surface area contributed by atoms with Gasteiger partial charge in [0.05, 0.1) is 5.56 Å². The Hall–Kier alpha value is -1.51. The molecule has 2 N–H and O–H groups in total. The summed E-state index contributed by atoms with van der Waals surface area (Å²) in [6.07, 6.45) is 0. The summed E-state index contributed by atoms with van der Waals surface area (Å²) in [5, 5.41) is 0. The summed E-state index contributed by atoms with van der Waals surface area (Å²) in [7, 11) is 1.81. The van der Waals surface area contributed by atoms with Gasteiger partial charge in [0.1, 0.15) is 0 Å². The Kier molecular flexibility index (Phi) is 3.93. The first-order valence-electron chi connectivity index (χ1n) is 5.54. The number of anilines is 1. The highest BCUT2D eigenvalue weighted by Crippen LogP contribution is 2.18. The zero-order valence-electron chi connectivity index (χ0n) is 10.4. The molecule has 1 aromatic carbocycles. The average Bonchev–Trinajstić information content (AvgIpc) is 2.20. The molecule has 0 heterocycles. The zero-order chi connectivity index (χ0) is 12.3. The van der Waals surface area contributed by atoms with Crippen molar-refractivity contribution in [3.63, 3.8) is 0 Å². The van der Waals surface area contributed by atoms with E-state index in [1.165, 1.54) is 0 Å². The van der Waals surface area contributed by atoms with Crippen LogP contribution >= 0.6 is 0 Å². The van der Waals surface area contributed by atoms with E-state index in [2.05, 4.69) is 13.8 Å². The van der Waals surface area contributed by atoms with Crippen molar-refractivity contribution in [3.05, 3.63) is 29.3 Å². The molecular weight excluding hydrogens is 200 g/mol. The van der Waals surface area contributed by atoms with E-state index in [9.17, 15) is 4.79 Å². The molecule has 0 fully saturated rings. The highest BCUT2D eigenvalue weighted by atomic mass is 16.2. The average molecular weight is 220 g/mol. The quantitative estimate of drug-likeness (QED) is 0.794. The Labute approximate surface area is 97.2 Å². The predicted molar refractivity (Wildman–Crippen MR) is 67.4 cm³/mol. The summed E-state index contributed by atoms with van der Waals surface area (Å²) < 4.78 is 0. The van der Waals surface area contributed by atoms with Crippen LogP contribution < -0.4 is 5.73 Å². The van der Waals surface area contributed by atoms with E-state index in [4.69, 9.17) is 5.73 Å². The smallest absolute Gasteiger partial charge is 0.255 e. The number of hydrogen-bond donors (Lipinski definition) is 1. The van der Waals surface area contributed by atoms with Crippen molar-refractivity contribution in [3.8, 4) is 0 Å². The Morgan fingerprint density at radius 1 is 1.44 bits per heavy atom. The number of amides is 1. The van der Waals surface area contributed by atoms with Gasteiger partial charge in [-0.3, -0.25) is 4.79 Å². The second kappa shape index (κ2) is 5.01. The van der Waals surface area contributed by atoms with Crippen molar-refractivity contribution in [1.82, 2.24) is 4.90 Å². The fraction of sp³-hybridized carbons (Fsp3) is 0.462. The molecule has 0 saturated heterocycles. The molecule has 1 rings (SSSR count). The van der Waals surface area contributed by atoms with Crippen molar-refractivity contribution in [2.75, 3.05) is 19.3 Å². The molecule has 0 unspecified atom stereocenters. The molecule has 0 aliphatic carbocycles. The van der Waals surface area contributed by atoms with Gasteiger partial charge in [0.15, 0.2) is 0 Å². The van der Waals surface area contributed by atoms with E-state index in [0.29, 0.717) is 17.2 Å². The first-order valence-corrected chi connectivity index (χ1v) is 5.54. The number of para-hydroxylation sites is 1. The van der Waals surface area contributed by atoms with Gasteiger partial charge in [-0.05, 0) is 24.5 Å². The summed E-state index contributed by atoms with van der Waals surface area (Å²) in [5.41, 5.74) is 8.04. The van der Waals surface area contributed by atoms with Crippen LogP contribution in [0.1, 0.15) is 29.8 Å². The second-order valence-electron chi connectivity index (χ2n) is 4.62. The Morgan fingerprint density at radius 2 is 2.06 bits per heavy atom. The Morgan fingerprint density at radius 3 is 2.62 bits per heavy atom. The van der Waals surface area contributed by atoms with Crippen LogP contribution in [0.2, 0.25) is 0 Å². The lowest BCUT2D eigenvalue weighted by Crippen LogP contribution is -2.30. The van der Waals surface area contributed by atoms with Crippen LogP contribution in [-0.4, -0.2) is 24.4 Å². The minimum absolute atomic E-state index is 0.00472. The maximum atomic E-state index is 12.1. The first kappa shape index (κ1) is 12.6. The summed E-state index contributed by atoms with van der Waals surface area (Å²) in [5.74, 6) is 0.454. The molecule has 0 saturated carbocycles. The van der Waals surface area contributed by atoms with Gasteiger partial charge in [-0.25, -0.2) is 0 Å². The van der Waals surface area contributed by atoms with Crippen LogP contribution in [0.25, 0.3) is 0 Å². The normalized spacial score (nSPS) is 10.6. The molecule has 88 valence electrons. The Bertz CT molecular complexity index is 386. The third-order valence-electron chi connectivity index (χ3n) is 2.54. The van der Waals surface area contributed by atoms with E-state index in [1.54, 1.807) is 11.0 Å². The van der Waals surface area contributed by atoms with Crippen LogP contribution in [0.3, 0.4) is 0 Å². The van der Waals surface area contributed by atoms with Crippen molar-refractivity contribution in [1.29, 1.82) is 0 Å². The van der Waals surface area contributed by atoms with Gasteiger partial charge in [-0.15, -0.1) is 0 Å². The molecule has 1 amide bonds. The molecular formula is C13H20N2O. The van der Waals surface area contributed by atoms with E-state index < -0.39 is 0 Å². The third-order valence-corrected chi connectivity index (χ3v) is 2.54. The fourth-order valence-electron chi connectivity index (χ4n) is 1.70. The molecule has 0 aliphatic heterocycles. The van der Waals surface area contributed by atoms with E-state index >= 15 is 0 Å². The van der Waals surface area contributed by atoms with Crippen molar-refractivity contribution >= 4 is 11.6 Å². The van der Waals surface area contributed by atoms with E-state index in [0.717, 1.165) is 12.1 Å². The van der Waals surface area contributed by atoms with Crippen LogP contribution in [0, 0.1) is 12.8 Å². The highest BCUT2D eigenvalue weighted by molar-refractivity contribution is 5.99. The first-order chi connectivity index (χ1) is 7.43. The summed E-state index contributed by atoms with van der Waals surface area (Å²) in [4.78, 5) is 13.8. The second-order valence-corrected chi connectivity index (χ2v) is 4.62. The molecule has 0 bridgehead atoms. The molecule has 0 aliphatic rings. The number of aryl methyl sites for hydroxylation is 1. The number of nitrogen functional groups attached to an aromatic ring is 1. The molecule has 3 heteroatoms. The van der Waals surface area contributed by atoms with Gasteiger partial charge in [0.25, 0.3) is 5.91 Å². The number of carbonyl (C=O) groups is 1. The highest BCUT2D eigenvalue weighted by Gasteiger charge is 2.15. The predicted octanol–water partition coefficient (Wildman–Crippen LogP) is 2.31. The minimum Gasteiger partial charge on any atom is -0.398 e. The number of hydrogen-bond acceptors (Lipinski definition) is 2. The Balaban J connectivity index is 2.92. The molecule has 16 heavy (non-hydrogen) atoms. The van der Waals surface area contributed by atoms with E-state index in [-0.39, 0.29) is 5.91 Å². The van der Waals surface area contributed by atoms with Gasteiger partial charge in [0.2, 0.25) is 0 Å². The maximum Gasteiger partial charge on any atom is 0.255 e. The summed E-state index contributed by atoms with van der Waals surface area (Å²) >= 11 is 0. The number of rotatable bonds is 3. The zero-order valence-corrected chi connectivity index (χ0v) is 10.4. The standard InChI is InChI=1S/C13H20N2O/c1-9(2)8-15(4)13(16)11-7-5-6-10(3)12(11)14/h5-7,9H,8,14H2,1-4H3. The van der Waals surface area contributed by atoms with Crippen molar-refractivity contribution in [2.45, 2.75) is 20.8 Å². The van der Waals surface area contributed by atoms with Gasteiger partial charge in [-0.1, -0.05) is 26.0 Å². The summed E-state index contributed by atoms with van der Waals surface area (Å²) in [6.45, 7) is 6.83. The van der Waals surface area contributed by atoms with Crippen LogP contribution in [0.5, 0.6) is 0 Å². The number of benzene rings is 1. The van der Waals surface area contributed by atoms with Gasteiger partial charge in [0, 0.05) is 19.3 Å². The summed E-state index contributed by atoms with van der Waals surface area (Å²) in [6, 6.07) is 5.55. The van der Waals surface area contributed by atoms with Crippen molar-refractivity contribution in [2.24, 2.45) is 5.92 Å². The number of carbonyl (C=O) groups excluding carboxylic acids is 1. The minimum atomic E-state index is -0.00472. The van der Waals surface area contributed by atoms with Crippen LogP contribution in [0.4, 0.5) is 5.69 Å². The lowest BCUT2D eigenvalue weighted by molar-refractivity contribution is 0.0780.